The van der Waals surface area contributed by atoms with Crippen molar-refractivity contribution in [1.82, 2.24) is 25.9 Å². The summed E-state index contributed by atoms with van der Waals surface area (Å²) < 4.78 is 5.19. The second kappa shape index (κ2) is 14.4. The SMILES string of the molecule is CC(C)[C@H](NC(=O)OCc1ccccc1)C(=O)N[C@@H](C)C(=O)NC(CC(=O)O)C(=O)c1ncc(-c2ccccc2)[nH]1. The van der Waals surface area contributed by atoms with Crippen LogP contribution in [0.2, 0.25) is 0 Å². The molecule has 12 heteroatoms. The van der Waals surface area contributed by atoms with Crippen LogP contribution in [0, 0.1) is 5.92 Å². The predicted molar refractivity (Wildman–Crippen MR) is 149 cm³/mol. The Morgan fingerprint density at radius 3 is 2.12 bits per heavy atom. The number of H-pyrrole nitrogens is 1. The number of nitrogens with zero attached hydrogens (tertiary/aromatic N) is 1. The number of Topliss-reactive ketones (excluding diaryl/α,β-unsaturated/α-hetero) is 1. The van der Waals surface area contributed by atoms with E-state index in [-0.39, 0.29) is 18.3 Å². The van der Waals surface area contributed by atoms with Crippen LogP contribution in [-0.2, 0) is 25.7 Å². The number of ketones is 1. The van der Waals surface area contributed by atoms with Gasteiger partial charge in [0.1, 0.15) is 24.7 Å². The summed E-state index contributed by atoms with van der Waals surface area (Å²) in [5.41, 5.74) is 2.09. The number of benzene rings is 2. The van der Waals surface area contributed by atoms with Crippen LogP contribution in [0.25, 0.3) is 11.3 Å². The van der Waals surface area contributed by atoms with Gasteiger partial charge in [-0.2, -0.15) is 0 Å². The van der Waals surface area contributed by atoms with Gasteiger partial charge in [-0.3, -0.25) is 19.2 Å². The maximum atomic E-state index is 13.1. The molecule has 3 aromatic rings. The van der Waals surface area contributed by atoms with Crippen molar-refractivity contribution in [2.45, 2.75) is 51.9 Å². The number of carboxylic acids is 1. The summed E-state index contributed by atoms with van der Waals surface area (Å²) in [4.78, 5) is 69.6. The van der Waals surface area contributed by atoms with Crippen molar-refractivity contribution in [2.75, 3.05) is 0 Å². The normalized spacial score (nSPS) is 13.0. The molecule has 1 aromatic heterocycles. The van der Waals surface area contributed by atoms with Crippen molar-refractivity contribution in [3.05, 3.63) is 78.2 Å². The molecule has 3 rings (SSSR count). The molecule has 12 nitrogen and oxygen atoms in total. The molecule has 3 atom stereocenters. The Morgan fingerprint density at radius 2 is 1.51 bits per heavy atom. The number of nitrogens with one attached hydrogen (secondary N) is 4. The Morgan fingerprint density at radius 1 is 0.878 bits per heavy atom. The molecule has 3 amide bonds. The Kier molecular flexibility index (Phi) is 10.7. The van der Waals surface area contributed by atoms with E-state index in [0.717, 1.165) is 11.1 Å². The number of carbonyl (C=O) groups excluding carboxylic acids is 4. The van der Waals surface area contributed by atoms with Crippen LogP contribution in [-0.4, -0.2) is 62.9 Å². The van der Waals surface area contributed by atoms with Gasteiger partial charge in [0.2, 0.25) is 17.6 Å². The largest absolute Gasteiger partial charge is 0.481 e. The second-order valence-corrected chi connectivity index (χ2v) is 9.69. The lowest BCUT2D eigenvalue weighted by molar-refractivity contribution is -0.137. The number of aromatic amines is 1. The highest BCUT2D eigenvalue weighted by Gasteiger charge is 2.31. The first-order valence-electron chi connectivity index (χ1n) is 13.0. The molecule has 0 aliphatic rings. The number of amides is 3. The van der Waals surface area contributed by atoms with Gasteiger partial charge in [-0.1, -0.05) is 74.5 Å². The minimum Gasteiger partial charge on any atom is -0.481 e. The van der Waals surface area contributed by atoms with E-state index in [1.807, 2.05) is 36.4 Å². The molecule has 1 unspecified atom stereocenters. The van der Waals surface area contributed by atoms with Crippen molar-refractivity contribution < 1.29 is 33.8 Å². The number of hydrogen-bond donors (Lipinski definition) is 5. The van der Waals surface area contributed by atoms with Crippen molar-refractivity contribution in [1.29, 1.82) is 0 Å². The van der Waals surface area contributed by atoms with Gasteiger partial charge in [0, 0.05) is 0 Å². The molecule has 2 aromatic carbocycles. The molecule has 0 spiro atoms. The van der Waals surface area contributed by atoms with Crippen LogP contribution in [0.15, 0.2) is 66.9 Å². The zero-order valence-corrected chi connectivity index (χ0v) is 22.9. The molecule has 0 fully saturated rings. The first-order chi connectivity index (χ1) is 19.5. The minimum atomic E-state index is -1.44. The Bertz CT molecular complexity index is 1360. The quantitative estimate of drug-likeness (QED) is 0.197. The van der Waals surface area contributed by atoms with Gasteiger partial charge in [0.05, 0.1) is 18.3 Å². The Labute approximate surface area is 236 Å². The summed E-state index contributed by atoms with van der Waals surface area (Å²) in [6.45, 7) is 4.81. The maximum absolute atomic E-state index is 13.1. The lowest BCUT2D eigenvalue weighted by Crippen LogP contribution is -2.56. The monoisotopic (exact) mass is 563 g/mol. The Hall–Kier alpha value is -5.00. The van der Waals surface area contributed by atoms with Crippen molar-refractivity contribution in [3.8, 4) is 11.3 Å². The number of hydrogen-bond acceptors (Lipinski definition) is 7. The third-order valence-corrected chi connectivity index (χ3v) is 6.09. The van der Waals surface area contributed by atoms with E-state index >= 15 is 0 Å². The lowest BCUT2D eigenvalue weighted by atomic mass is 10.0. The molecule has 0 radical (unpaired) electrons. The molecule has 216 valence electrons. The highest BCUT2D eigenvalue weighted by atomic mass is 16.5. The van der Waals surface area contributed by atoms with E-state index in [1.54, 1.807) is 38.1 Å². The van der Waals surface area contributed by atoms with E-state index in [4.69, 9.17) is 4.74 Å². The number of aromatic nitrogens is 2. The van der Waals surface area contributed by atoms with E-state index in [9.17, 15) is 29.1 Å². The smallest absolute Gasteiger partial charge is 0.408 e. The van der Waals surface area contributed by atoms with Crippen LogP contribution in [0.1, 0.15) is 43.4 Å². The number of imidazole rings is 1. The first-order valence-corrected chi connectivity index (χ1v) is 13.0. The highest BCUT2D eigenvalue weighted by molar-refractivity contribution is 6.02. The molecular formula is C29H33N5O7. The molecule has 1 heterocycles. The van der Waals surface area contributed by atoms with E-state index < -0.39 is 54.2 Å². The lowest BCUT2D eigenvalue weighted by Gasteiger charge is -2.24. The van der Waals surface area contributed by atoms with Crippen molar-refractivity contribution >= 4 is 29.7 Å². The van der Waals surface area contributed by atoms with Gasteiger partial charge < -0.3 is 30.8 Å². The third kappa shape index (κ3) is 9.02. The van der Waals surface area contributed by atoms with Crippen LogP contribution in [0.4, 0.5) is 4.79 Å². The van der Waals surface area contributed by atoms with Crippen LogP contribution in [0.3, 0.4) is 0 Å². The summed E-state index contributed by atoms with van der Waals surface area (Å²) in [7, 11) is 0. The second-order valence-electron chi connectivity index (χ2n) is 9.69. The highest BCUT2D eigenvalue weighted by Crippen LogP contribution is 2.17. The summed E-state index contributed by atoms with van der Waals surface area (Å²) in [5, 5.41) is 16.7. The van der Waals surface area contributed by atoms with Gasteiger partial charge in [-0.05, 0) is 24.0 Å². The average Bonchev–Trinajstić information content (AvgIpc) is 3.45. The number of ether oxygens (including phenoxy) is 1. The van der Waals surface area contributed by atoms with Crippen LogP contribution in [0.5, 0.6) is 0 Å². The number of rotatable bonds is 13. The fraction of sp³-hybridized carbons (Fsp3) is 0.310. The Balaban J connectivity index is 1.61. The summed E-state index contributed by atoms with van der Waals surface area (Å²) in [5.74, 6) is -3.96. The van der Waals surface area contributed by atoms with Crippen LogP contribution >= 0.6 is 0 Å². The average molecular weight is 564 g/mol. The fourth-order valence-electron chi connectivity index (χ4n) is 3.85. The molecule has 0 saturated heterocycles. The predicted octanol–water partition coefficient (Wildman–Crippen LogP) is 2.67. The maximum Gasteiger partial charge on any atom is 0.408 e. The number of carboxylic acid groups (broad SMARTS) is 1. The van der Waals surface area contributed by atoms with Gasteiger partial charge in [-0.25, -0.2) is 9.78 Å². The van der Waals surface area contributed by atoms with Gasteiger partial charge in [0.25, 0.3) is 0 Å². The summed E-state index contributed by atoms with van der Waals surface area (Å²) in [6.07, 6.45) is -0.0642. The first kappa shape index (κ1) is 30.5. The molecule has 0 saturated carbocycles. The zero-order chi connectivity index (χ0) is 29.9. The molecular weight excluding hydrogens is 530 g/mol. The summed E-state index contributed by atoms with van der Waals surface area (Å²) >= 11 is 0. The van der Waals surface area contributed by atoms with Crippen LogP contribution < -0.4 is 16.0 Å². The standard InChI is InChI=1S/C29H33N5O7/c1-17(2)24(34-29(40)41-16-19-10-6-4-7-11-19)28(39)31-18(3)27(38)33-21(14-23(35)36)25(37)26-30-15-22(32-26)20-12-8-5-9-13-20/h4-13,15,17-18,21,24H,14,16H2,1-3H3,(H,30,32)(H,31,39)(H,33,38)(H,34,40)(H,35,36)/t18-,21?,24-/m0/s1. The number of carbonyl (C=O) groups is 5. The van der Waals surface area contributed by atoms with E-state index in [1.165, 1.54) is 13.1 Å². The molecule has 41 heavy (non-hydrogen) atoms. The minimum absolute atomic E-state index is 0.0133. The van der Waals surface area contributed by atoms with Crippen molar-refractivity contribution in [3.63, 3.8) is 0 Å². The number of alkyl carbamates (subject to hydrolysis) is 1. The van der Waals surface area contributed by atoms with Gasteiger partial charge in [0.15, 0.2) is 5.82 Å². The number of aliphatic carboxylic acids is 1. The molecule has 0 aliphatic carbocycles. The zero-order valence-electron chi connectivity index (χ0n) is 22.9. The fourth-order valence-corrected chi connectivity index (χ4v) is 3.85. The molecule has 0 aliphatic heterocycles. The van der Waals surface area contributed by atoms with Gasteiger partial charge in [-0.15, -0.1) is 0 Å². The third-order valence-electron chi connectivity index (χ3n) is 6.09. The molecule has 5 N–H and O–H groups in total. The summed E-state index contributed by atoms with van der Waals surface area (Å²) in [6, 6.07) is 14.5. The van der Waals surface area contributed by atoms with Gasteiger partial charge >= 0.3 is 12.1 Å². The van der Waals surface area contributed by atoms with E-state index in [2.05, 4.69) is 25.9 Å². The molecule has 0 bridgehead atoms. The van der Waals surface area contributed by atoms with E-state index in [0.29, 0.717) is 5.69 Å². The topological polar surface area (TPSA) is 180 Å². The van der Waals surface area contributed by atoms with Crippen molar-refractivity contribution in [2.24, 2.45) is 5.92 Å².